The predicted molar refractivity (Wildman–Crippen MR) is 115 cm³/mol. The molecule has 1 aromatic carbocycles. The third kappa shape index (κ3) is 4.79. The molecule has 3 aromatic rings. The summed E-state index contributed by atoms with van der Waals surface area (Å²) in [7, 11) is 3.25. The molecule has 2 aromatic heterocycles. The summed E-state index contributed by atoms with van der Waals surface area (Å²) >= 11 is 0. The van der Waals surface area contributed by atoms with E-state index in [1.54, 1.807) is 12.4 Å². The van der Waals surface area contributed by atoms with Crippen LogP contribution in [-0.2, 0) is 18.2 Å². The number of anilines is 1. The molecule has 0 saturated heterocycles. The Morgan fingerprint density at radius 2 is 2.06 bits per heavy atom. The zero-order valence-electron chi connectivity index (χ0n) is 17.8. The maximum atomic E-state index is 12.9. The van der Waals surface area contributed by atoms with Crippen LogP contribution in [0.5, 0.6) is 0 Å². The average molecular weight is 419 g/mol. The number of ether oxygens (including phenoxy) is 1. The summed E-state index contributed by atoms with van der Waals surface area (Å²) in [6.45, 7) is 2.11. The van der Waals surface area contributed by atoms with E-state index in [-0.39, 0.29) is 17.5 Å². The van der Waals surface area contributed by atoms with Gasteiger partial charge in [-0.2, -0.15) is 0 Å². The second kappa shape index (κ2) is 8.67. The van der Waals surface area contributed by atoms with Crippen molar-refractivity contribution in [1.82, 2.24) is 19.7 Å². The molecule has 0 aliphatic heterocycles. The molecule has 1 atom stereocenters. The molecule has 1 fully saturated rings. The number of aryl methyl sites for hydroxylation is 1. The van der Waals surface area contributed by atoms with Gasteiger partial charge in [-0.1, -0.05) is 19.1 Å². The highest BCUT2D eigenvalue weighted by Crippen LogP contribution is 2.39. The fourth-order valence-electron chi connectivity index (χ4n) is 3.49. The topological polar surface area (TPSA) is 99.0 Å². The van der Waals surface area contributed by atoms with Crippen molar-refractivity contribution in [2.45, 2.75) is 38.0 Å². The second-order valence-electron chi connectivity index (χ2n) is 7.97. The molecule has 0 spiro atoms. The van der Waals surface area contributed by atoms with Crippen molar-refractivity contribution in [3.63, 3.8) is 0 Å². The quantitative estimate of drug-likeness (QED) is 0.589. The van der Waals surface area contributed by atoms with Crippen LogP contribution in [0.2, 0.25) is 0 Å². The first-order valence-electron chi connectivity index (χ1n) is 10.3. The summed E-state index contributed by atoms with van der Waals surface area (Å²) in [6, 6.07) is 10.9. The van der Waals surface area contributed by atoms with Crippen molar-refractivity contribution in [2.24, 2.45) is 7.05 Å². The Kier molecular flexibility index (Phi) is 5.79. The first-order valence-corrected chi connectivity index (χ1v) is 10.3. The maximum Gasteiger partial charge on any atom is 0.337 e. The molecule has 4 rings (SSSR count). The minimum Gasteiger partial charge on any atom is -0.465 e. The number of methoxy groups -OCH3 is 1. The summed E-state index contributed by atoms with van der Waals surface area (Å²) in [5, 5.41) is 11.0. The number of aromatic nitrogens is 4. The van der Waals surface area contributed by atoms with Gasteiger partial charge in [-0.25, -0.2) is 9.78 Å². The van der Waals surface area contributed by atoms with Gasteiger partial charge in [0.25, 0.3) is 5.91 Å². The van der Waals surface area contributed by atoms with Crippen LogP contribution >= 0.6 is 0 Å². The van der Waals surface area contributed by atoms with Gasteiger partial charge in [0.05, 0.1) is 12.7 Å². The highest BCUT2D eigenvalue weighted by molar-refractivity contribution is 6.04. The fraction of sp³-hybridized carbons (Fsp3) is 0.348. The minimum absolute atomic E-state index is 0.196. The van der Waals surface area contributed by atoms with E-state index in [1.807, 2.05) is 35.9 Å². The van der Waals surface area contributed by atoms with Gasteiger partial charge in [0.2, 0.25) is 0 Å². The number of benzene rings is 1. The smallest absolute Gasteiger partial charge is 0.337 e. The molecule has 31 heavy (non-hydrogen) atoms. The largest absolute Gasteiger partial charge is 0.465 e. The molecule has 0 unspecified atom stereocenters. The number of nitrogens with zero attached hydrogens (tertiary/aromatic N) is 4. The Morgan fingerprint density at radius 1 is 1.26 bits per heavy atom. The van der Waals surface area contributed by atoms with Crippen LogP contribution in [0.3, 0.4) is 0 Å². The number of carbonyl (C=O) groups is 2. The number of pyridine rings is 1. The van der Waals surface area contributed by atoms with E-state index in [1.165, 1.54) is 13.2 Å². The van der Waals surface area contributed by atoms with Gasteiger partial charge in [-0.05, 0) is 48.6 Å². The van der Waals surface area contributed by atoms with Gasteiger partial charge in [0.15, 0.2) is 0 Å². The Hall–Kier alpha value is -3.55. The monoisotopic (exact) mass is 419 g/mol. The highest BCUT2D eigenvalue weighted by atomic mass is 16.5. The normalized spacial score (nSPS) is 14.2. The van der Waals surface area contributed by atoms with Crippen LogP contribution in [0.1, 0.15) is 69.5 Å². The van der Waals surface area contributed by atoms with E-state index in [4.69, 9.17) is 4.74 Å². The van der Waals surface area contributed by atoms with Crippen molar-refractivity contribution >= 4 is 17.6 Å². The summed E-state index contributed by atoms with van der Waals surface area (Å²) in [6.07, 6.45) is 4.46. The van der Waals surface area contributed by atoms with E-state index in [0.29, 0.717) is 17.2 Å². The van der Waals surface area contributed by atoms with E-state index < -0.39 is 5.97 Å². The van der Waals surface area contributed by atoms with Crippen LogP contribution in [-0.4, -0.2) is 38.7 Å². The molecule has 2 heterocycles. The van der Waals surface area contributed by atoms with Gasteiger partial charge in [0, 0.05) is 30.8 Å². The number of amides is 1. The molecule has 160 valence electrons. The standard InChI is InChI=1S/C23H25N5O3/c1-14(9-21-27-24-13-28(21)2)16-5-4-6-18(10-16)25-22(29)20-12-17(23(30)31-3)11-19(26-20)15-7-8-15/h4-6,10-15H,7-9H2,1-3H3,(H,25,29)/t14-/m0/s1. The number of esters is 1. The summed E-state index contributed by atoms with van der Waals surface area (Å²) < 4.78 is 6.73. The van der Waals surface area contributed by atoms with Crippen LogP contribution in [0.15, 0.2) is 42.7 Å². The van der Waals surface area contributed by atoms with Gasteiger partial charge in [0.1, 0.15) is 17.8 Å². The molecular formula is C23H25N5O3. The lowest BCUT2D eigenvalue weighted by Crippen LogP contribution is -2.16. The third-order valence-electron chi connectivity index (χ3n) is 5.50. The molecule has 1 aliphatic carbocycles. The van der Waals surface area contributed by atoms with Crippen molar-refractivity contribution in [2.75, 3.05) is 12.4 Å². The van der Waals surface area contributed by atoms with Crippen LogP contribution in [0.25, 0.3) is 0 Å². The Morgan fingerprint density at radius 3 is 2.74 bits per heavy atom. The number of rotatable bonds is 7. The highest BCUT2D eigenvalue weighted by Gasteiger charge is 2.27. The molecule has 8 nitrogen and oxygen atoms in total. The van der Waals surface area contributed by atoms with Gasteiger partial charge < -0.3 is 14.6 Å². The summed E-state index contributed by atoms with van der Waals surface area (Å²) in [5.41, 5.74) is 3.07. The zero-order chi connectivity index (χ0) is 22.0. The molecule has 1 saturated carbocycles. The lowest BCUT2D eigenvalue weighted by atomic mass is 9.97. The van der Waals surface area contributed by atoms with Crippen molar-refractivity contribution in [3.05, 3.63) is 71.1 Å². The number of carbonyl (C=O) groups excluding carboxylic acids is 2. The number of hydrogen-bond donors (Lipinski definition) is 1. The maximum absolute atomic E-state index is 12.9. The first kappa shape index (κ1) is 20.7. The average Bonchev–Trinajstić information content (AvgIpc) is 3.56. The van der Waals surface area contributed by atoms with Crippen molar-refractivity contribution in [1.29, 1.82) is 0 Å². The SMILES string of the molecule is COC(=O)c1cc(C(=O)Nc2cccc([C@@H](C)Cc3nncn3C)c2)nc(C2CC2)c1. The minimum atomic E-state index is -0.474. The molecule has 1 amide bonds. The molecule has 1 N–H and O–H groups in total. The summed E-state index contributed by atoms with van der Waals surface area (Å²) in [5.74, 6) is 0.574. The van der Waals surface area contributed by atoms with E-state index >= 15 is 0 Å². The second-order valence-corrected chi connectivity index (χ2v) is 7.97. The van der Waals surface area contributed by atoms with E-state index in [9.17, 15) is 9.59 Å². The molecule has 8 heteroatoms. The lowest BCUT2D eigenvalue weighted by molar-refractivity contribution is 0.0600. The zero-order valence-corrected chi connectivity index (χ0v) is 17.8. The first-order chi connectivity index (χ1) is 14.9. The van der Waals surface area contributed by atoms with E-state index in [0.717, 1.165) is 36.3 Å². The van der Waals surface area contributed by atoms with Crippen molar-refractivity contribution in [3.8, 4) is 0 Å². The molecule has 0 bridgehead atoms. The Labute approximate surface area is 180 Å². The lowest BCUT2D eigenvalue weighted by Gasteiger charge is -2.13. The van der Waals surface area contributed by atoms with Crippen LogP contribution in [0, 0.1) is 0 Å². The Bertz CT molecular complexity index is 1120. The van der Waals surface area contributed by atoms with Gasteiger partial charge in [-0.3, -0.25) is 4.79 Å². The number of hydrogen-bond acceptors (Lipinski definition) is 6. The Balaban J connectivity index is 1.52. The third-order valence-corrected chi connectivity index (χ3v) is 5.50. The predicted octanol–water partition coefficient (Wildman–Crippen LogP) is 3.47. The molecule has 1 aliphatic rings. The molecule has 0 radical (unpaired) electrons. The molecular weight excluding hydrogens is 394 g/mol. The fourth-order valence-corrected chi connectivity index (χ4v) is 3.49. The summed E-state index contributed by atoms with van der Waals surface area (Å²) in [4.78, 5) is 29.4. The van der Waals surface area contributed by atoms with Crippen LogP contribution in [0.4, 0.5) is 5.69 Å². The van der Waals surface area contributed by atoms with E-state index in [2.05, 4.69) is 27.4 Å². The van der Waals surface area contributed by atoms with Crippen LogP contribution < -0.4 is 5.32 Å². The van der Waals surface area contributed by atoms with Crippen molar-refractivity contribution < 1.29 is 14.3 Å². The van der Waals surface area contributed by atoms with Gasteiger partial charge >= 0.3 is 5.97 Å². The van der Waals surface area contributed by atoms with Gasteiger partial charge in [-0.15, -0.1) is 10.2 Å². The number of nitrogens with one attached hydrogen (secondary N) is 1.